The molecule has 2 heteroatoms. The number of rotatable bonds is 2. The van der Waals surface area contributed by atoms with Crippen LogP contribution in [-0.2, 0) is 5.41 Å². The molecule has 2 heterocycles. The van der Waals surface area contributed by atoms with Crippen LogP contribution in [0.3, 0.4) is 0 Å². The van der Waals surface area contributed by atoms with Crippen molar-refractivity contribution >= 4 is 76.2 Å². The van der Waals surface area contributed by atoms with Crippen LogP contribution in [0.5, 0.6) is 0 Å². The first kappa shape index (κ1) is 29.0. The lowest BCUT2D eigenvalue weighted by Gasteiger charge is -2.22. The topological polar surface area (TPSA) is 26.3 Å². The van der Waals surface area contributed by atoms with Crippen molar-refractivity contribution in [1.82, 2.24) is 0 Å². The first-order valence-electron chi connectivity index (χ1n) is 18.4. The molecule has 0 bridgehead atoms. The third-order valence-corrected chi connectivity index (χ3v) is 12.1. The molecule has 2 nitrogen and oxygen atoms in total. The van der Waals surface area contributed by atoms with Gasteiger partial charge in [0.05, 0.1) is 0 Å². The van der Waals surface area contributed by atoms with Crippen LogP contribution < -0.4 is 0 Å². The molecule has 0 saturated carbocycles. The van der Waals surface area contributed by atoms with Crippen LogP contribution in [0.1, 0.15) is 25.0 Å². The number of hydrogen-bond acceptors (Lipinski definition) is 2. The molecule has 12 rings (SSSR count). The SMILES string of the molecule is CC1(C)c2ccccc2-c2c(-c3c4ccccc4c(-c4ccc5c(c4)oc4cc6c(cc45)oc4c5ccccc5ccc64)c4ccccc34)cccc21. The van der Waals surface area contributed by atoms with Gasteiger partial charge < -0.3 is 8.83 Å². The van der Waals surface area contributed by atoms with Gasteiger partial charge in [0.15, 0.2) is 0 Å². The van der Waals surface area contributed by atoms with Crippen molar-refractivity contribution in [3.05, 3.63) is 169 Å². The minimum atomic E-state index is -0.0699. The molecule has 0 saturated heterocycles. The largest absolute Gasteiger partial charge is 0.456 e. The second kappa shape index (κ2) is 10.2. The van der Waals surface area contributed by atoms with E-state index in [0.29, 0.717) is 0 Å². The van der Waals surface area contributed by atoms with Gasteiger partial charge in [-0.2, -0.15) is 0 Å². The molecule has 1 aliphatic carbocycles. The van der Waals surface area contributed by atoms with Crippen molar-refractivity contribution in [2.24, 2.45) is 0 Å². The second-order valence-corrected chi connectivity index (χ2v) is 15.2. The maximum atomic E-state index is 6.71. The van der Waals surface area contributed by atoms with Gasteiger partial charge in [-0.25, -0.2) is 0 Å². The number of benzene rings is 9. The molecule has 9 aromatic carbocycles. The van der Waals surface area contributed by atoms with Crippen molar-refractivity contribution < 1.29 is 8.83 Å². The molecule has 0 unspecified atom stereocenters. The van der Waals surface area contributed by atoms with E-state index in [9.17, 15) is 0 Å². The molecule has 0 spiro atoms. The quantitative estimate of drug-likeness (QED) is 0.170. The Kier molecular flexibility index (Phi) is 5.60. The lowest BCUT2D eigenvalue weighted by atomic mass is 9.80. The Balaban J connectivity index is 1.09. The first-order chi connectivity index (χ1) is 26.0. The molecule has 53 heavy (non-hydrogen) atoms. The zero-order valence-electron chi connectivity index (χ0n) is 29.3. The number of furan rings is 2. The monoisotopic (exact) mass is 676 g/mol. The summed E-state index contributed by atoms with van der Waals surface area (Å²) in [7, 11) is 0. The first-order valence-corrected chi connectivity index (χ1v) is 18.4. The van der Waals surface area contributed by atoms with Crippen LogP contribution in [0.25, 0.3) is 110 Å². The number of fused-ring (bicyclic) bond motifs is 13. The molecule has 0 N–H and O–H groups in total. The van der Waals surface area contributed by atoms with Gasteiger partial charge in [-0.15, -0.1) is 0 Å². The van der Waals surface area contributed by atoms with Crippen LogP contribution in [0.2, 0.25) is 0 Å². The van der Waals surface area contributed by atoms with E-state index < -0.39 is 0 Å². The smallest absolute Gasteiger partial charge is 0.143 e. The van der Waals surface area contributed by atoms with E-state index in [1.165, 1.54) is 65.9 Å². The predicted molar refractivity (Wildman–Crippen MR) is 222 cm³/mol. The average molecular weight is 677 g/mol. The molecule has 2 aromatic heterocycles. The van der Waals surface area contributed by atoms with E-state index in [-0.39, 0.29) is 5.41 Å². The average Bonchev–Trinajstić information content (AvgIpc) is 3.82. The van der Waals surface area contributed by atoms with Gasteiger partial charge in [-0.1, -0.05) is 141 Å². The summed E-state index contributed by atoms with van der Waals surface area (Å²) in [5.41, 5.74) is 13.9. The summed E-state index contributed by atoms with van der Waals surface area (Å²) in [6, 6.07) is 57.5. The van der Waals surface area contributed by atoms with E-state index in [2.05, 4.69) is 172 Å². The highest BCUT2D eigenvalue weighted by Gasteiger charge is 2.37. The summed E-state index contributed by atoms with van der Waals surface area (Å²) in [5.74, 6) is 0. The van der Waals surface area contributed by atoms with Crippen molar-refractivity contribution in [1.29, 1.82) is 0 Å². The molecule has 248 valence electrons. The van der Waals surface area contributed by atoms with Gasteiger partial charge in [-0.3, -0.25) is 0 Å². The predicted octanol–water partition coefficient (Wildman–Crippen LogP) is 14.6. The minimum Gasteiger partial charge on any atom is -0.456 e. The maximum absolute atomic E-state index is 6.71. The van der Waals surface area contributed by atoms with E-state index >= 15 is 0 Å². The lowest BCUT2D eigenvalue weighted by Crippen LogP contribution is -2.14. The Morgan fingerprint density at radius 1 is 0.358 bits per heavy atom. The van der Waals surface area contributed by atoms with E-state index in [4.69, 9.17) is 8.83 Å². The zero-order valence-corrected chi connectivity index (χ0v) is 29.3. The molecule has 1 aliphatic rings. The Morgan fingerprint density at radius 3 is 1.70 bits per heavy atom. The van der Waals surface area contributed by atoms with Crippen LogP contribution in [-0.4, -0.2) is 0 Å². The molecular weight excluding hydrogens is 645 g/mol. The summed E-state index contributed by atoms with van der Waals surface area (Å²) in [6.07, 6.45) is 0. The van der Waals surface area contributed by atoms with Crippen LogP contribution in [0.15, 0.2) is 167 Å². The summed E-state index contributed by atoms with van der Waals surface area (Å²) >= 11 is 0. The molecule has 11 aromatic rings. The summed E-state index contributed by atoms with van der Waals surface area (Å²) < 4.78 is 13.3. The molecular formula is C51H32O2. The third kappa shape index (κ3) is 3.82. The van der Waals surface area contributed by atoms with Gasteiger partial charge >= 0.3 is 0 Å². The van der Waals surface area contributed by atoms with E-state index in [1.54, 1.807) is 0 Å². The second-order valence-electron chi connectivity index (χ2n) is 15.2. The van der Waals surface area contributed by atoms with Crippen molar-refractivity contribution in [3.8, 4) is 33.4 Å². The fourth-order valence-electron chi connectivity index (χ4n) is 9.62. The maximum Gasteiger partial charge on any atom is 0.143 e. The standard InChI is InChI=1S/C51H32O2/c1-51(2)42-20-10-9-18-38(42)49-39(19-11-21-43(49)51)48-35-16-7-5-14-33(35)47(34-15-6-8-17-36(34)48)30-23-24-32-40-27-46-41(28-45(40)52-44(32)26-30)37-25-22-29-12-3-4-13-31(29)50(37)53-46/h3-28H,1-2H3. The highest BCUT2D eigenvalue weighted by atomic mass is 16.3. The molecule has 0 aliphatic heterocycles. The normalized spacial score (nSPS) is 13.6. The Hall–Kier alpha value is -6.64. The number of hydrogen-bond donors (Lipinski definition) is 0. The fourth-order valence-corrected chi connectivity index (χ4v) is 9.62. The Morgan fingerprint density at radius 2 is 0.925 bits per heavy atom. The van der Waals surface area contributed by atoms with Crippen LogP contribution >= 0.6 is 0 Å². The van der Waals surface area contributed by atoms with Gasteiger partial charge in [0.1, 0.15) is 22.3 Å². The van der Waals surface area contributed by atoms with Gasteiger partial charge in [0.2, 0.25) is 0 Å². The van der Waals surface area contributed by atoms with Gasteiger partial charge in [-0.05, 0) is 102 Å². The van der Waals surface area contributed by atoms with Crippen molar-refractivity contribution in [2.45, 2.75) is 19.3 Å². The lowest BCUT2D eigenvalue weighted by molar-refractivity contribution is 0.660. The fraction of sp³-hybridized carbons (Fsp3) is 0.0588. The van der Waals surface area contributed by atoms with Crippen molar-refractivity contribution in [2.75, 3.05) is 0 Å². The van der Waals surface area contributed by atoms with Gasteiger partial charge in [0.25, 0.3) is 0 Å². The molecule has 0 amide bonds. The molecule has 0 atom stereocenters. The third-order valence-electron chi connectivity index (χ3n) is 12.1. The summed E-state index contributed by atoms with van der Waals surface area (Å²) in [5, 5.41) is 11.6. The molecule has 0 radical (unpaired) electrons. The van der Waals surface area contributed by atoms with Gasteiger partial charge in [0, 0.05) is 32.3 Å². The van der Waals surface area contributed by atoms with Crippen LogP contribution in [0, 0.1) is 0 Å². The Labute approximate surface area is 305 Å². The highest BCUT2D eigenvalue weighted by Crippen LogP contribution is 2.54. The van der Waals surface area contributed by atoms with Crippen molar-refractivity contribution in [3.63, 3.8) is 0 Å². The summed E-state index contributed by atoms with van der Waals surface area (Å²) in [6.45, 7) is 4.71. The Bertz CT molecular complexity index is 3310. The van der Waals surface area contributed by atoms with E-state index in [0.717, 1.165) is 54.8 Å². The summed E-state index contributed by atoms with van der Waals surface area (Å²) in [4.78, 5) is 0. The van der Waals surface area contributed by atoms with Crippen LogP contribution in [0.4, 0.5) is 0 Å². The van der Waals surface area contributed by atoms with E-state index in [1.807, 2.05) is 0 Å². The highest BCUT2D eigenvalue weighted by molar-refractivity contribution is 6.24. The minimum absolute atomic E-state index is 0.0699. The zero-order chi connectivity index (χ0) is 35.0. The molecule has 0 fully saturated rings.